The average molecular weight is 401 g/mol. The number of ketones is 1. The van der Waals surface area contributed by atoms with E-state index >= 15 is 0 Å². The van der Waals surface area contributed by atoms with Gasteiger partial charge in [-0.05, 0) is 79.6 Å². The number of hydrogen-bond donors (Lipinski definition) is 1. The molecule has 4 aliphatic rings. The van der Waals surface area contributed by atoms with Crippen LogP contribution in [-0.2, 0) is 4.79 Å². The van der Waals surface area contributed by atoms with E-state index in [0.717, 1.165) is 37.0 Å². The number of allylic oxidation sites excluding steroid dienone is 1. The van der Waals surface area contributed by atoms with Crippen molar-refractivity contribution in [3.05, 3.63) is 11.6 Å². The third kappa shape index (κ3) is 3.19. The summed E-state index contributed by atoms with van der Waals surface area (Å²) in [5, 5.41) is 11.5. The highest BCUT2D eigenvalue weighted by Crippen LogP contribution is 2.67. The van der Waals surface area contributed by atoms with Crippen molar-refractivity contribution in [2.75, 3.05) is 0 Å². The number of carbonyl (C=O) groups is 1. The van der Waals surface area contributed by atoms with Crippen molar-refractivity contribution in [3.8, 4) is 0 Å². The summed E-state index contributed by atoms with van der Waals surface area (Å²) in [6.07, 6.45) is 14.8. The van der Waals surface area contributed by atoms with Crippen LogP contribution in [0.25, 0.3) is 0 Å². The first kappa shape index (κ1) is 21.6. The van der Waals surface area contributed by atoms with Crippen LogP contribution in [0.5, 0.6) is 0 Å². The summed E-state index contributed by atoms with van der Waals surface area (Å²) in [6, 6.07) is 0. The molecule has 0 aromatic rings. The van der Waals surface area contributed by atoms with Crippen LogP contribution in [0.1, 0.15) is 105 Å². The standard InChI is InChI=1S/C27H44O2/c1-18(2)9-8-10-19(3)21-11-12-22-20-17-24(28)27(29)15-7-6-14-26(27,5)23(20)13-16-25(21,22)4/h17-19,21-23,29H,6-16H2,1-5H3/t19-,21-,22+,23+,25-,26-,27+/m1/s1. The molecule has 2 nitrogen and oxygen atoms in total. The molecule has 0 spiro atoms. The highest BCUT2D eigenvalue weighted by Gasteiger charge is 2.64. The molecule has 0 unspecified atom stereocenters. The van der Waals surface area contributed by atoms with Crippen LogP contribution < -0.4 is 0 Å². The zero-order chi connectivity index (χ0) is 21.0. The second kappa shape index (κ2) is 7.50. The Morgan fingerprint density at radius 2 is 1.72 bits per heavy atom. The maximum atomic E-state index is 13.2. The molecule has 29 heavy (non-hydrogen) atoms. The minimum atomic E-state index is -1.10. The van der Waals surface area contributed by atoms with Gasteiger partial charge in [0.25, 0.3) is 0 Å². The summed E-state index contributed by atoms with van der Waals surface area (Å²) in [6.45, 7) is 11.9. The van der Waals surface area contributed by atoms with E-state index in [1.807, 2.05) is 6.08 Å². The second-order valence-electron chi connectivity index (χ2n) is 12.1. The average Bonchev–Trinajstić information content (AvgIpc) is 3.01. The molecule has 7 atom stereocenters. The largest absolute Gasteiger partial charge is 0.381 e. The first-order chi connectivity index (χ1) is 13.6. The number of fused-ring (bicyclic) bond motifs is 5. The monoisotopic (exact) mass is 400 g/mol. The van der Waals surface area contributed by atoms with E-state index in [-0.39, 0.29) is 11.2 Å². The third-order valence-electron chi connectivity index (χ3n) is 10.2. The van der Waals surface area contributed by atoms with Crippen LogP contribution in [0.3, 0.4) is 0 Å². The van der Waals surface area contributed by atoms with Gasteiger partial charge in [0.1, 0.15) is 5.60 Å². The Balaban J connectivity index is 1.58. The molecule has 0 amide bonds. The van der Waals surface area contributed by atoms with Crippen LogP contribution in [0.15, 0.2) is 11.6 Å². The van der Waals surface area contributed by atoms with Gasteiger partial charge in [-0.2, -0.15) is 0 Å². The van der Waals surface area contributed by atoms with Gasteiger partial charge >= 0.3 is 0 Å². The fourth-order valence-electron chi connectivity index (χ4n) is 8.41. The number of carbonyl (C=O) groups excluding carboxylic acids is 1. The van der Waals surface area contributed by atoms with Gasteiger partial charge in [-0.1, -0.05) is 72.3 Å². The Bertz CT molecular complexity index is 678. The summed E-state index contributed by atoms with van der Waals surface area (Å²) in [5.41, 5.74) is 0.444. The van der Waals surface area contributed by atoms with Gasteiger partial charge in [0, 0.05) is 5.41 Å². The summed E-state index contributed by atoms with van der Waals surface area (Å²) in [5.74, 6) is 3.38. The van der Waals surface area contributed by atoms with Gasteiger partial charge in [-0.15, -0.1) is 0 Å². The molecule has 1 N–H and O–H groups in total. The maximum Gasteiger partial charge on any atom is 0.187 e. The Morgan fingerprint density at radius 1 is 1.00 bits per heavy atom. The topological polar surface area (TPSA) is 37.3 Å². The molecule has 164 valence electrons. The molecule has 4 rings (SSSR count). The molecule has 2 heteroatoms. The molecule has 0 aromatic heterocycles. The van der Waals surface area contributed by atoms with Crippen molar-refractivity contribution in [3.63, 3.8) is 0 Å². The highest BCUT2D eigenvalue weighted by atomic mass is 16.3. The minimum Gasteiger partial charge on any atom is -0.381 e. The predicted molar refractivity (Wildman–Crippen MR) is 120 cm³/mol. The molecule has 0 heterocycles. The van der Waals surface area contributed by atoms with Gasteiger partial charge in [0.05, 0.1) is 0 Å². The first-order valence-corrected chi connectivity index (χ1v) is 12.6. The zero-order valence-corrected chi connectivity index (χ0v) is 19.6. The van der Waals surface area contributed by atoms with Gasteiger partial charge in [0.15, 0.2) is 5.78 Å². The van der Waals surface area contributed by atoms with E-state index in [1.54, 1.807) is 0 Å². The van der Waals surface area contributed by atoms with E-state index in [2.05, 4.69) is 34.6 Å². The zero-order valence-electron chi connectivity index (χ0n) is 19.6. The lowest BCUT2D eigenvalue weighted by atomic mass is 9.46. The molecule has 3 saturated carbocycles. The summed E-state index contributed by atoms with van der Waals surface area (Å²) >= 11 is 0. The van der Waals surface area contributed by atoms with Gasteiger partial charge in [-0.3, -0.25) is 4.79 Å². The van der Waals surface area contributed by atoms with Crippen molar-refractivity contribution < 1.29 is 9.90 Å². The van der Waals surface area contributed by atoms with Crippen LogP contribution >= 0.6 is 0 Å². The van der Waals surface area contributed by atoms with Crippen molar-refractivity contribution in [1.29, 1.82) is 0 Å². The van der Waals surface area contributed by atoms with E-state index in [0.29, 0.717) is 23.7 Å². The molecule has 0 aliphatic heterocycles. The van der Waals surface area contributed by atoms with Gasteiger partial charge in [0.2, 0.25) is 0 Å². The Labute approximate surface area is 178 Å². The molecular formula is C27H44O2. The quantitative estimate of drug-likeness (QED) is 0.556. The predicted octanol–water partition coefficient (Wildman–Crippen LogP) is 6.71. The second-order valence-corrected chi connectivity index (χ2v) is 12.1. The molecule has 0 radical (unpaired) electrons. The summed E-state index contributed by atoms with van der Waals surface area (Å²) in [4.78, 5) is 13.2. The summed E-state index contributed by atoms with van der Waals surface area (Å²) < 4.78 is 0. The lowest BCUT2D eigenvalue weighted by molar-refractivity contribution is -0.169. The van der Waals surface area contributed by atoms with Crippen molar-refractivity contribution in [2.24, 2.45) is 40.4 Å². The molecule has 4 aliphatic carbocycles. The molecular weight excluding hydrogens is 356 g/mol. The molecule has 0 saturated heterocycles. The first-order valence-electron chi connectivity index (χ1n) is 12.6. The van der Waals surface area contributed by atoms with E-state index in [1.165, 1.54) is 50.5 Å². The lowest BCUT2D eigenvalue weighted by Gasteiger charge is -2.59. The third-order valence-corrected chi connectivity index (χ3v) is 10.2. The molecule has 3 fully saturated rings. The van der Waals surface area contributed by atoms with Gasteiger partial charge < -0.3 is 5.11 Å². The van der Waals surface area contributed by atoms with Crippen molar-refractivity contribution >= 4 is 5.78 Å². The minimum absolute atomic E-state index is 0.0311. The number of aliphatic hydroxyl groups is 1. The number of rotatable bonds is 5. The maximum absolute atomic E-state index is 13.2. The number of hydrogen-bond acceptors (Lipinski definition) is 2. The Hall–Kier alpha value is -0.630. The van der Waals surface area contributed by atoms with Crippen LogP contribution in [0.2, 0.25) is 0 Å². The van der Waals surface area contributed by atoms with Crippen LogP contribution in [-0.4, -0.2) is 16.5 Å². The normalized spacial score (nSPS) is 45.4. The van der Waals surface area contributed by atoms with Crippen LogP contribution in [0.4, 0.5) is 0 Å². The fourth-order valence-corrected chi connectivity index (χ4v) is 8.41. The van der Waals surface area contributed by atoms with Gasteiger partial charge in [-0.25, -0.2) is 0 Å². The Kier molecular flexibility index (Phi) is 5.59. The van der Waals surface area contributed by atoms with E-state index in [4.69, 9.17) is 0 Å². The SMILES string of the molecule is CC(C)CCC[C@@H](C)[C@H]1CC[C@H]2C3=CC(=O)[C@@]4(O)CCCC[C@]4(C)[C@H]3CC[C@]12C. The smallest absolute Gasteiger partial charge is 0.187 e. The lowest BCUT2D eigenvalue weighted by Crippen LogP contribution is -2.62. The molecule has 0 aromatic carbocycles. The van der Waals surface area contributed by atoms with E-state index in [9.17, 15) is 9.90 Å². The summed E-state index contributed by atoms with van der Waals surface area (Å²) in [7, 11) is 0. The Morgan fingerprint density at radius 3 is 2.45 bits per heavy atom. The van der Waals surface area contributed by atoms with Crippen molar-refractivity contribution in [1.82, 2.24) is 0 Å². The van der Waals surface area contributed by atoms with E-state index < -0.39 is 5.60 Å². The fraction of sp³-hybridized carbons (Fsp3) is 0.889. The molecule has 0 bridgehead atoms. The highest BCUT2D eigenvalue weighted by molar-refractivity contribution is 5.99. The van der Waals surface area contributed by atoms with Crippen molar-refractivity contribution in [2.45, 2.75) is 111 Å². The van der Waals surface area contributed by atoms with Crippen LogP contribution in [0, 0.1) is 40.4 Å².